The summed E-state index contributed by atoms with van der Waals surface area (Å²) >= 11 is 0. The van der Waals surface area contributed by atoms with Crippen LogP contribution in [0.3, 0.4) is 0 Å². The van der Waals surface area contributed by atoms with E-state index in [-0.39, 0.29) is 28.0 Å². The number of methoxy groups -OCH3 is 1. The molecule has 112 valence electrons. The second kappa shape index (κ2) is 5.40. The Labute approximate surface area is 120 Å². The smallest absolute Gasteiger partial charge is 0.339 e. The number of hydrogen-bond acceptors (Lipinski definition) is 8. The molecule has 0 aliphatic carbocycles. The lowest BCUT2D eigenvalue weighted by Crippen LogP contribution is -2.18. The van der Waals surface area contributed by atoms with Crippen molar-refractivity contribution in [1.82, 2.24) is 10.1 Å². The third-order valence-corrected chi connectivity index (χ3v) is 3.81. The van der Waals surface area contributed by atoms with Gasteiger partial charge in [-0.25, -0.2) is 17.9 Å². The Hall–Kier alpha value is -2.62. The third kappa shape index (κ3) is 3.11. The van der Waals surface area contributed by atoms with Crippen molar-refractivity contribution in [1.29, 1.82) is 0 Å². The molecule has 0 radical (unpaired) electrons. The van der Waals surface area contributed by atoms with Crippen LogP contribution >= 0.6 is 0 Å². The summed E-state index contributed by atoms with van der Waals surface area (Å²) < 4.78 is 35.9. The summed E-state index contributed by atoms with van der Waals surface area (Å²) in [5, 5.41) is 3.46. The molecule has 21 heavy (non-hydrogen) atoms. The molecular weight excluding hydrogens is 300 g/mol. The number of nitrogens with zero attached hydrogens (tertiary/aromatic N) is 2. The number of esters is 1. The lowest BCUT2D eigenvalue weighted by Gasteiger charge is -2.09. The van der Waals surface area contributed by atoms with E-state index in [9.17, 15) is 13.2 Å². The molecule has 2 aromatic rings. The fourth-order valence-electron chi connectivity index (χ4n) is 1.55. The van der Waals surface area contributed by atoms with Crippen LogP contribution in [0, 0.1) is 6.92 Å². The summed E-state index contributed by atoms with van der Waals surface area (Å²) in [4.78, 5) is 15.0. The number of ether oxygens (including phenoxy) is 1. The summed E-state index contributed by atoms with van der Waals surface area (Å²) in [7, 11) is -2.99. The van der Waals surface area contributed by atoms with E-state index in [1.54, 1.807) is 0 Å². The fraction of sp³-hybridized carbons (Fsp3) is 0.182. The number of carbonyl (C=O) groups is 1. The molecule has 0 amide bonds. The lowest BCUT2D eigenvalue weighted by atomic mass is 10.2. The Bertz CT molecular complexity index is 784. The van der Waals surface area contributed by atoms with Crippen molar-refractivity contribution in [3.63, 3.8) is 0 Å². The van der Waals surface area contributed by atoms with Crippen molar-refractivity contribution in [2.75, 3.05) is 17.6 Å². The largest absolute Gasteiger partial charge is 0.465 e. The molecule has 0 aliphatic rings. The van der Waals surface area contributed by atoms with Gasteiger partial charge in [0, 0.05) is 5.69 Å². The van der Waals surface area contributed by atoms with Crippen LogP contribution in [0.5, 0.6) is 0 Å². The van der Waals surface area contributed by atoms with Gasteiger partial charge in [0.25, 0.3) is 10.0 Å². The Morgan fingerprint density at radius 3 is 2.71 bits per heavy atom. The highest BCUT2D eigenvalue weighted by atomic mass is 32.2. The van der Waals surface area contributed by atoms with Crippen molar-refractivity contribution < 1.29 is 22.5 Å². The molecule has 9 nitrogen and oxygen atoms in total. The molecule has 0 spiro atoms. The highest BCUT2D eigenvalue weighted by Gasteiger charge is 2.25. The molecule has 0 saturated heterocycles. The van der Waals surface area contributed by atoms with Crippen molar-refractivity contribution in [3.8, 4) is 0 Å². The summed E-state index contributed by atoms with van der Waals surface area (Å²) in [6, 6.07) is 3.47. The second-order valence-electron chi connectivity index (χ2n) is 4.00. The van der Waals surface area contributed by atoms with Crippen LogP contribution in [0.15, 0.2) is 27.6 Å². The first-order chi connectivity index (χ1) is 9.83. The molecule has 0 saturated carbocycles. The molecule has 1 aromatic carbocycles. The van der Waals surface area contributed by atoms with E-state index in [1.165, 1.54) is 19.1 Å². The van der Waals surface area contributed by atoms with Crippen LogP contribution in [-0.2, 0) is 14.8 Å². The summed E-state index contributed by atoms with van der Waals surface area (Å²) in [6.07, 6.45) is 0. The first-order valence-corrected chi connectivity index (χ1v) is 7.13. The Balaban J connectivity index is 2.48. The van der Waals surface area contributed by atoms with Crippen LogP contribution in [0.4, 0.5) is 11.7 Å². The zero-order valence-electron chi connectivity index (χ0n) is 11.2. The number of hydrogen-bond donors (Lipinski definition) is 2. The Kier molecular flexibility index (Phi) is 3.80. The molecule has 1 aromatic heterocycles. The summed E-state index contributed by atoms with van der Waals surface area (Å²) in [6.45, 7) is 1.53. The zero-order valence-corrected chi connectivity index (χ0v) is 12.0. The number of aryl methyl sites for hydroxylation is 1. The van der Waals surface area contributed by atoms with Crippen molar-refractivity contribution in [2.24, 2.45) is 0 Å². The van der Waals surface area contributed by atoms with E-state index in [0.717, 1.165) is 13.2 Å². The standard InChI is InChI=1S/C11H12N4O5S/c1-6-13-11(20-14-6)15-21(17,18)9-5-7(12)3-4-8(9)10(16)19-2/h3-5H,12H2,1-2H3,(H,13,14,15). The fourth-order valence-corrected chi connectivity index (χ4v) is 2.70. The first kappa shape index (κ1) is 14.8. The minimum Gasteiger partial charge on any atom is -0.465 e. The van der Waals surface area contributed by atoms with Gasteiger partial charge in [0.1, 0.15) is 4.90 Å². The molecule has 0 fully saturated rings. The van der Waals surface area contributed by atoms with Gasteiger partial charge >= 0.3 is 12.0 Å². The first-order valence-electron chi connectivity index (χ1n) is 5.64. The monoisotopic (exact) mass is 312 g/mol. The number of aromatic nitrogens is 2. The number of anilines is 2. The Morgan fingerprint density at radius 1 is 1.43 bits per heavy atom. The lowest BCUT2D eigenvalue weighted by molar-refractivity contribution is 0.0596. The SMILES string of the molecule is COC(=O)c1ccc(N)cc1S(=O)(=O)Nc1nc(C)no1. The van der Waals surface area contributed by atoms with Crippen LogP contribution in [0.1, 0.15) is 16.2 Å². The van der Waals surface area contributed by atoms with Gasteiger partial charge in [0.2, 0.25) is 0 Å². The predicted octanol–water partition coefficient (Wildman–Crippen LogP) is 0.548. The average molecular weight is 312 g/mol. The van der Waals surface area contributed by atoms with Gasteiger partial charge < -0.3 is 15.0 Å². The van der Waals surface area contributed by atoms with E-state index in [2.05, 4.69) is 24.1 Å². The Morgan fingerprint density at radius 2 is 2.14 bits per heavy atom. The number of nitrogens with two attached hydrogens (primary N) is 1. The van der Waals surface area contributed by atoms with Crippen molar-refractivity contribution in [3.05, 3.63) is 29.6 Å². The quantitative estimate of drug-likeness (QED) is 0.616. The van der Waals surface area contributed by atoms with Gasteiger partial charge in [-0.1, -0.05) is 5.16 Å². The molecule has 0 bridgehead atoms. The minimum atomic E-state index is -4.14. The molecule has 2 rings (SSSR count). The minimum absolute atomic E-state index is 0.157. The predicted molar refractivity (Wildman–Crippen MR) is 72.0 cm³/mol. The van der Waals surface area contributed by atoms with Crippen molar-refractivity contribution in [2.45, 2.75) is 11.8 Å². The maximum absolute atomic E-state index is 12.3. The highest BCUT2D eigenvalue weighted by molar-refractivity contribution is 7.92. The maximum Gasteiger partial charge on any atom is 0.339 e. The van der Waals surface area contributed by atoms with Gasteiger partial charge in [-0.05, 0) is 25.1 Å². The van der Waals surface area contributed by atoms with E-state index >= 15 is 0 Å². The van der Waals surface area contributed by atoms with Gasteiger partial charge in [-0.15, -0.1) is 0 Å². The summed E-state index contributed by atoms with van der Waals surface area (Å²) in [5.74, 6) is -0.550. The van der Waals surface area contributed by atoms with Gasteiger partial charge in [0.05, 0.1) is 12.7 Å². The number of nitrogen functional groups attached to an aromatic ring is 1. The summed E-state index contributed by atoms with van der Waals surface area (Å²) in [5.41, 5.74) is 5.58. The maximum atomic E-state index is 12.3. The molecular formula is C11H12N4O5S. The highest BCUT2D eigenvalue weighted by Crippen LogP contribution is 2.22. The number of carbonyl (C=O) groups excluding carboxylic acids is 1. The topological polar surface area (TPSA) is 137 Å². The van der Waals surface area contributed by atoms with Gasteiger partial charge in [-0.3, -0.25) is 0 Å². The van der Waals surface area contributed by atoms with Crippen LogP contribution in [-0.4, -0.2) is 31.6 Å². The second-order valence-corrected chi connectivity index (χ2v) is 5.65. The molecule has 0 atom stereocenters. The van der Waals surface area contributed by atoms with E-state index in [1.807, 2.05) is 0 Å². The van der Waals surface area contributed by atoms with Crippen LogP contribution < -0.4 is 10.5 Å². The molecule has 0 unspecified atom stereocenters. The molecule has 0 aliphatic heterocycles. The van der Waals surface area contributed by atoms with Gasteiger partial charge in [0.15, 0.2) is 5.82 Å². The number of benzene rings is 1. The number of nitrogens with one attached hydrogen (secondary N) is 1. The number of rotatable bonds is 4. The van der Waals surface area contributed by atoms with E-state index < -0.39 is 16.0 Å². The zero-order chi connectivity index (χ0) is 15.6. The normalized spacial score (nSPS) is 11.1. The molecule has 3 N–H and O–H groups in total. The van der Waals surface area contributed by atoms with Gasteiger partial charge in [-0.2, -0.15) is 4.98 Å². The number of sulfonamides is 1. The third-order valence-electron chi connectivity index (χ3n) is 2.45. The van der Waals surface area contributed by atoms with E-state index in [0.29, 0.717) is 0 Å². The van der Waals surface area contributed by atoms with Crippen LogP contribution in [0.2, 0.25) is 0 Å². The van der Waals surface area contributed by atoms with Crippen molar-refractivity contribution >= 4 is 27.7 Å². The van der Waals surface area contributed by atoms with Crippen LogP contribution in [0.25, 0.3) is 0 Å². The molecule has 1 heterocycles. The average Bonchev–Trinajstić information content (AvgIpc) is 2.82. The molecule has 10 heteroatoms. The van der Waals surface area contributed by atoms with E-state index in [4.69, 9.17) is 5.73 Å².